The molecule has 142 valence electrons. The van der Waals surface area contributed by atoms with E-state index in [0.29, 0.717) is 23.9 Å². The van der Waals surface area contributed by atoms with Crippen LogP contribution >= 0.6 is 0 Å². The first kappa shape index (κ1) is 18.8. The van der Waals surface area contributed by atoms with Gasteiger partial charge in [0.1, 0.15) is 11.6 Å². The van der Waals surface area contributed by atoms with Crippen LogP contribution in [0.5, 0.6) is 0 Å². The highest BCUT2D eigenvalue weighted by Crippen LogP contribution is 2.39. The van der Waals surface area contributed by atoms with Crippen LogP contribution in [0.25, 0.3) is 0 Å². The van der Waals surface area contributed by atoms with E-state index in [1.807, 2.05) is 20.8 Å². The summed E-state index contributed by atoms with van der Waals surface area (Å²) in [6, 6.07) is 5.68. The van der Waals surface area contributed by atoms with E-state index in [-0.39, 0.29) is 12.1 Å². The maximum atomic E-state index is 13.6. The van der Waals surface area contributed by atoms with Crippen LogP contribution in [0.3, 0.4) is 0 Å². The van der Waals surface area contributed by atoms with Gasteiger partial charge in [-0.25, -0.2) is 13.6 Å². The van der Waals surface area contributed by atoms with Crippen molar-refractivity contribution < 1.29 is 23.5 Å². The Hall–Kier alpha value is -2.96. The molecule has 1 aliphatic rings. The Morgan fingerprint density at radius 2 is 1.59 bits per heavy atom. The second kappa shape index (κ2) is 6.98. The average molecular weight is 374 g/mol. The first-order chi connectivity index (χ1) is 12.7. The van der Waals surface area contributed by atoms with Crippen LogP contribution in [0, 0.1) is 25.5 Å². The van der Waals surface area contributed by atoms with Gasteiger partial charge in [0.05, 0.1) is 17.4 Å². The van der Waals surface area contributed by atoms with Crippen molar-refractivity contribution in [2.75, 3.05) is 16.3 Å². The van der Waals surface area contributed by atoms with Crippen LogP contribution in [0.1, 0.15) is 34.8 Å². The SMILES string of the molecule is CCC1CN(C(=O)c2cc(F)cc(F)c2)c2cc(C)c(C)cc2N1C(=O)O. The van der Waals surface area contributed by atoms with E-state index in [4.69, 9.17) is 0 Å². The highest BCUT2D eigenvalue weighted by atomic mass is 19.1. The number of carboxylic acid groups (broad SMARTS) is 1. The number of anilines is 2. The van der Waals surface area contributed by atoms with E-state index in [2.05, 4.69) is 0 Å². The molecule has 0 aliphatic carbocycles. The largest absolute Gasteiger partial charge is 0.465 e. The van der Waals surface area contributed by atoms with Gasteiger partial charge in [-0.3, -0.25) is 9.69 Å². The molecule has 1 heterocycles. The summed E-state index contributed by atoms with van der Waals surface area (Å²) in [4.78, 5) is 27.5. The molecule has 0 saturated carbocycles. The van der Waals surface area contributed by atoms with Gasteiger partial charge in [0.25, 0.3) is 5.91 Å². The lowest BCUT2D eigenvalue weighted by Crippen LogP contribution is -2.52. The number of fused-ring (bicyclic) bond motifs is 1. The van der Waals surface area contributed by atoms with E-state index in [9.17, 15) is 23.5 Å². The van der Waals surface area contributed by atoms with Gasteiger partial charge < -0.3 is 10.0 Å². The molecule has 2 aromatic rings. The molecule has 7 heteroatoms. The number of nitrogens with zero attached hydrogens (tertiary/aromatic N) is 2. The van der Waals surface area contributed by atoms with Crippen LogP contribution in [-0.4, -0.2) is 29.7 Å². The molecule has 1 atom stereocenters. The monoisotopic (exact) mass is 374 g/mol. The third-order valence-electron chi connectivity index (χ3n) is 4.93. The van der Waals surface area contributed by atoms with Crippen LogP contribution in [0.15, 0.2) is 30.3 Å². The van der Waals surface area contributed by atoms with Gasteiger partial charge in [0.15, 0.2) is 0 Å². The predicted molar refractivity (Wildman–Crippen MR) is 98.5 cm³/mol. The standard InChI is InChI=1S/C20H20F2N2O3/c1-4-16-10-23(19(25)13-7-14(21)9-15(22)8-13)17-5-11(2)12(3)6-18(17)24(16)20(26)27/h5-9,16H,4,10H2,1-3H3,(H,26,27). The minimum atomic E-state index is -1.10. The fourth-order valence-electron chi connectivity index (χ4n) is 3.38. The van der Waals surface area contributed by atoms with Gasteiger partial charge in [-0.1, -0.05) is 6.92 Å². The molecule has 2 aromatic carbocycles. The molecule has 0 aromatic heterocycles. The van der Waals surface area contributed by atoms with E-state index < -0.39 is 29.7 Å². The van der Waals surface area contributed by atoms with Crippen LogP contribution in [-0.2, 0) is 0 Å². The Balaban J connectivity index is 2.16. The van der Waals surface area contributed by atoms with Crippen molar-refractivity contribution >= 4 is 23.4 Å². The van der Waals surface area contributed by atoms with Gasteiger partial charge >= 0.3 is 6.09 Å². The lowest BCUT2D eigenvalue weighted by molar-refractivity contribution is 0.0981. The molecule has 1 N–H and O–H groups in total. The lowest BCUT2D eigenvalue weighted by Gasteiger charge is -2.41. The number of carbonyl (C=O) groups is 2. The number of amides is 2. The summed E-state index contributed by atoms with van der Waals surface area (Å²) in [5.74, 6) is -2.24. The molecule has 0 bridgehead atoms. The summed E-state index contributed by atoms with van der Waals surface area (Å²) in [6.07, 6.45) is -0.616. The number of halogens is 2. The molecule has 1 aliphatic heterocycles. The molecule has 0 saturated heterocycles. The minimum Gasteiger partial charge on any atom is -0.465 e. The second-order valence-corrected chi connectivity index (χ2v) is 6.71. The van der Waals surface area contributed by atoms with Gasteiger partial charge in [-0.2, -0.15) is 0 Å². The fraction of sp³-hybridized carbons (Fsp3) is 0.300. The number of hydrogen-bond acceptors (Lipinski definition) is 2. The van der Waals surface area contributed by atoms with Crippen LogP contribution < -0.4 is 9.80 Å². The highest BCUT2D eigenvalue weighted by Gasteiger charge is 2.37. The summed E-state index contributed by atoms with van der Waals surface area (Å²) in [5, 5.41) is 9.68. The Morgan fingerprint density at radius 1 is 1.04 bits per heavy atom. The van der Waals surface area contributed by atoms with Crippen molar-refractivity contribution in [3.63, 3.8) is 0 Å². The fourth-order valence-corrected chi connectivity index (χ4v) is 3.38. The first-order valence-electron chi connectivity index (χ1n) is 8.64. The number of aryl methyl sites for hydroxylation is 2. The van der Waals surface area contributed by atoms with Crippen molar-refractivity contribution in [1.29, 1.82) is 0 Å². The second-order valence-electron chi connectivity index (χ2n) is 6.71. The predicted octanol–water partition coefficient (Wildman–Crippen LogP) is 4.51. The van der Waals surface area contributed by atoms with Gasteiger partial charge in [-0.05, 0) is 55.7 Å². The molecular formula is C20H20F2N2O3. The lowest BCUT2D eigenvalue weighted by atomic mass is 9.99. The van der Waals surface area contributed by atoms with Crippen molar-refractivity contribution in [2.45, 2.75) is 33.2 Å². The molecule has 1 unspecified atom stereocenters. The number of hydrogen-bond donors (Lipinski definition) is 1. The zero-order valence-electron chi connectivity index (χ0n) is 15.3. The minimum absolute atomic E-state index is 0.106. The maximum absolute atomic E-state index is 13.6. The molecule has 2 amide bonds. The van der Waals surface area contributed by atoms with Crippen molar-refractivity contribution in [2.24, 2.45) is 0 Å². The summed E-state index contributed by atoms with van der Waals surface area (Å²) < 4.78 is 27.2. The molecule has 0 fully saturated rings. The molecule has 0 spiro atoms. The Morgan fingerprint density at radius 3 is 2.11 bits per heavy atom. The Kier molecular flexibility index (Phi) is 4.87. The van der Waals surface area contributed by atoms with E-state index in [1.54, 1.807) is 12.1 Å². The third-order valence-corrected chi connectivity index (χ3v) is 4.93. The third kappa shape index (κ3) is 3.37. The average Bonchev–Trinajstić information content (AvgIpc) is 2.59. The van der Waals surface area contributed by atoms with Gasteiger partial charge in [0, 0.05) is 18.2 Å². The zero-order chi connectivity index (χ0) is 19.9. The van der Waals surface area contributed by atoms with Crippen LogP contribution in [0.4, 0.5) is 25.0 Å². The van der Waals surface area contributed by atoms with E-state index in [1.165, 1.54) is 9.80 Å². The molecule has 3 rings (SSSR count). The molecule has 5 nitrogen and oxygen atoms in total. The number of benzene rings is 2. The van der Waals surface area contributed by atoms with Crippen molar-refractivity contribution in [1.82, 2.24) is 0 Å². The van der Waals surface area contributed by atoms with Crippen molar-refractivity contribution in [3.05, 3.63) is 58.7 Å². The number of carbonyl (C=O) groups excluding carboxylic acids is 1. The van der Waals surface area contributed by atoms with Crippen molar-refractivity contribution in [3.8, 4) is 0 Å². The smallest absolute Gasteiger partial charge is 0.412 e. The molecular weight excluding hydrogens is 354 g/mol. The summed E-state index contributed by atoms with van der Waals surface area (Å²) >= 11 is 0. The normalized spacial score (nSPS) is 16.3. The number of rotatable bonds is 2. The maximum Gasteiger partial charge on any atom is 0.412 e. The summed E-state index contributed by atoms with van der Waals surface area (Å²) in [5.41, 5.74) is 2.47. The summed E-state index contributed by atoms with van der Waals surface area (Å²) in [7, 11) is 0. The van der Waals surface area contributed by atoms with Crippen LogP contribution in [0.2, 0.25) is 0 Å². The van der Waals surface area contributed by atoms with Gasteiger partial charge in [0.2, 0.25) is 0 Å². The molecule has 0 radical (unpaired) electrons. The topological polar surface area (TPSA) is 60.9 Å². The quantitative estimate of drug-likeness (QED) is 0.842. The molecule has 27 heavy (non-hydrogen) atoms. The van der Waals surface area contributed by atoms with E-state index >= 15 is 0 Å². The Labute approximate surface area is 155 Å². The van der Waals surface area contributed by atoms with E-state index in [0.717, 1.165) is 23.3 Å². The Bertz CT molecular complexity index is 909. The summed E-state index contributed by atoms with van der Waals surface area (Å²) in [6.45, 7) is 5.66. The zero-order valence-corrected chi connectivity index (χ0v) is 15.3. The first-order valence-corrected chi connectivity index (χ1v) is 8.64. The van der Waals surface area contributed by atoms with Gasteiger partial charge in [-0.15, -0.1) is 0 Å². The highest BCUT2D eigenvalue weighted by molar-refractivity contribution is 6.10.